The fourth-order valence-corrected chi connectivity index (χ4v) is 14.0. The molecule has 3 aromatic heterocycles. The fourth-order valence-electron chi connectivity index (χ4n) is 11.9. The minimum absolute atomic E-state index is 0.0174. The van der Waals surface area contributed by atoms with Crippen molar-refractivity contribution in [1.29, 1.82) is 0 Å². The molecule has 3 aromatic carbocycles. The molecule has 4 fully saturated rings. The number of likely N-dealkylation sites (N-methyl/N-ethyl adjacent to an activating group) is 1. The van der Waals surface area contributed by atoms with Gasteiger partial charge in [-0.25, -0.2) is 23.1 Å². The number of benzene rings is 3. The second-order valence-electron chi connectivity index (χ2n) is 26.2. The Balaban J connectivity index is 0.729. The number of hydrogen-bond acceptors (Lipinski definition) is 17. The van der Waals surface area contributed by atoms with E-state index in [1.807, 2.05) is 85.8 Å². The number of carbonyl (C=O) groups excluding carboxylic acids is 5. The number of likely N-dealkylation sites (tertiary alicyclic amines) is 2. The van der Waals surface area contributed by atoms with Crippen molar-refractivity contribution in [2.75, 3.05) is 88.7 Å². The van der Waals surface area contributed by atoms with E-state index in [1.54, 1.807) is 63.9 Å². The van der Waals surface area contributed by atoms with E-state index < -0.39 is 110 Å². The summed E-state index contributed by atoms with van der Waals surface area (Å²) in [6, 6.07) is 17.1. The molecule has 3 amide bonds. The number of esters is 1. The second kappa shape index (κ2) is 27.3. The maximum atomic E-state index is 15.9. The van der Waals surface area contributed by atoms with E-state index in [0.29, 0.717) is 29.7 Å². The highest BCUT2D eigenvalue weighted by Crippen LogP contribution is 2.35. The average Bonchev–Trinajstić information content (AvgIpc) is 1.39. The standard InChI is InChI=1S/C65H81F3N12O10S2/c1-38(64(6,7)89-36-65(8,86)69-9)62(85)90-47-27-52(60(83)72-28-40-10-12-42(13-11-40)57-39(2)73-37-91-57)80(34-47)61(84)58(63(3,4)5)74-53(81)35-76-32-46(33-76)78-24-22-77(23-25-78)45-16-14-41(15-17-45)43-26-48-49(30-71-59(48)70-29-43)56(82)54-50(67)18-19-51(55(54)68)75-92(87,88)79-21-20-44(66)31-79/h10-19,26,29-30,37-38,44,46-47,52,58,69,75,86H,20-25,27-28,31-36H2,1-9H3,(H,70,71)(H,72,83)(H,74,81)/t38?,44-,47-,52+,58-,65?/m1/s1. The van der Waals surface area contributed by atoms with E-state index in [4.69, 9.17) is 9.47 Å². The first-order chi connectivity index (χ1) is 43.5. The van der Waals surface area contributed by atoms with Crippen LogP contribution in [0.15, 0.2) is 84.6 Å². The highest BCUT2D eigenvalue weighted by molar-refractivity contribution is 7.90. The molecule has 4 saturated heterocycles. The van der Waals surface area contributed by atoms with Gasteiger partial charge in [0.25, 0.3) is 0 Å². The molecule has 0 bridgehead atoms. The lowest BCUT2D eigenvalue weighted by atomic mass is 9.85. The van der Waals surface area contributed by atoms with Crippen molar-refractivity contribution in [3.05, 3.63) is 119 Å². The SMILES string of the molecule is CNC(C)(O)COC(C)(C)C(C)C(=O)O[C@@H]1C[C@@H](C(=O)NCc2ccc(-c3scnc3C)cc2)N(C(=O)[C@@H](NC(=O)CN2CC(N3CCN(c4ccc(-c5cnc6[nH]cc(C(=O)c7c(F)ccc(NS(=O)(=O)N8CC[C@@H](F)C8)c7F)c6c5)cc4)CC3)C2)C(C)(C)C)C1. The summed E-state index contributed by atoms with van der Waals surface area (Å²) in [5.74, 6) is -6.29. The van der Waals surface area contributed by atoms with E-state index in [2.05, 4.69) is 40.7 Å². The molecule has 4 aliphatic heterocycles. The van der Waals surface area contributed by atoms with Gasteiger partial charge in [0, 0.05) is 106 Å². The number of carbonyl (C=O) groups is 5. The van der Waals surface area contributed by atoms with Crippen molar-refractivity contribution in [1.82, 2.24) is 49.9 Å². The number of ketones is 1. The van der Waals surface area contributed by atoms with Crippen molar-refractivity contribution < 1.29 is 60.1 Å². The van der Waals surface area contributed by atoms with Crippen LogP contribution >= 0.6 is 11.3 Å². The predicted molar refractivity (Wildman–Crippen MR) is 343 cm³/mol. The molecule has 4 aliphatic rings. The lowest BCUT2D eigenvalue weighted by molar-refractivity contribution is -0.172. The number of piperazine rings is 1. The van der Waals surface area contributed by atoms with Gasteiger partial charge in [-0.3, -0.25) is 43.8 Å². The molecule has 22 nitrogen and oxygen atoms in total. The van der Waals surface area contributed by atoms with Crippen LogP contribution in [0.4, 0.5) is 24.5 Å². The predicted octanol–water partition coefficient (Wildman–Crippen LogP) is 6.40. The van der Waals surface area contributed by atoms with Crippen LogP contribution in [0.1, 0.15) is 88.5 Å². The number of aryl methyl sites for hydroxylation is 1. The van der Waals surface area contributed by atoms with Gasteiger partial charge in [-0.2, -0.15) is 12.7 Å². The summed E-state index contributed by atoms with van der Waals surface area (Å²) in [7, 11) is -2.80. The zero-order valence-corrected chi connectivity index (χ0v) is 54.8. The number of hydrogen-bond donors (Lipinski definition) is 6. The van der Waals surface area contributed by atoms with E-state index in [0.717, 1.165) is 75.6 Å². The van der Waals surface area contributed by atoms with Crippen molar-refractivity contribution in [2.45, 2.75) is 117 Å². The summed E-state index contributed by atoms with van der Waals surface area (Å²) in [4.78, 5) is 91.7. The first kappa shape index (κ1) is 67.5. The fraction of sp³-hybridized carbons (Fsp3) is 0.492. The van der Waals surface area contributed by atoms with Gasteiger partial charge in [0.15, 0.2) is 5.82 Å². The lowest BCUT2D eigenvalue weighted by Crippen LogP contribution is -2.65. The molecule has 6 N–H and O–H groups in total. The van der Waals surface area contributed by atoms with Crippen LogP contribution in [0, 0.1) is 29.9 Å². The molecule has 6 atom stereocenters. The molecule has 494 valence electrons. The number of halogens is 3. The van der Waals surface area contributed by atoms with Crippen LogP contribution in [-0.2, 0) is 45.4 Å². The van der Waals surface area contributed by atoms with Crippen molar-refractivity contribution in [3.8, 4) is 21.6 Å². The molecule has 7 heterocycles. The van der Waals surface area contributed by atoms with Gasteiger partial charge < -0.3 is 40.0 Å². The molecule has 10 rings (SSSR count). The molecule has 0 aliphatic carbocycles. The third kappa shape index (κ3) is 15.2. The Morgan fingerprint density at radius 1 is 0.880 bits per heavy atom. The highest BCUT2D eigenvalue weighted by atomic mass is 32.2. The molecular formula is C65H81F3N12O10S2. The number of aromatic amines is 1. The topological polar surface area (TPSA) is 264 Å². The molecule has 0 saturated carbocycles. The molecule has 92 heavy (non-hydrogen) atoms. The minimum atomic E-state index is -4.39. The molecule has 6 aromatic rings. The summed E-state index contributed by atoms with van der Waals surface area (Å²) in [5, 5.41) is 19.6. The number of amides is 3. The molecule has 2 unspecified atom stereocenters. The Morgan fingerprint density at radius 3 is 2.22 bits per heavy atom. The van der Waals surface area contributed by atoms with Crippen LogP contribution in [-0.4, -0.2) is 198 Å². The normalized spacial score (nSPS) is 20.2. The van der Waals surface area contributed by atoms with Crippen LogP contribution in [0.3, 0.4) is 0 Å². The number of aliphatic hydroxyl groups is 1. The minimum Gasteiger partial charge on any atom is -0.460 e. The summed E-state index contributed by atoms with van der Waals surface area (Å²) < 4.78 is 85.7. The zero-order valence-electron chi connectivity index (χ0n) is 53.1. The van der Waals surface area contributed by atoms with E-state index >= 15 is 8.78 Å². The molecular weight excluding hydrogens is 1230 g/mol. The number of thiazole rings is 1. The van der Waals surface area contributed by atoms with Gasteiger partial charge in [0.1, 0.15) is 41.5 Å². The van der Waals surface area contributed by atoms with Crippen LogP contribution in [0.2, 0.25) is 0 Å². The summed E-state index contributed by atoms with van der Waals surface area (Å²) in [6.45, 7) is 18.0. The number of ether oxygens (including phenoxy) is 2. The Hall–Kier alpha value is -7.37. The Morgan fingerprint density at radius 2 is 1.58 bits per heavy atom. The van der Waals surface area contributed by atoms with Crippen LogP contribution < -0.4 is 25.6 Å². The van der Waals surface area contributed by atoms with Gasteiger partial charge >= 0.3 is 16.2 Å². The van der Waals surface area contributed by atoms with Crippen LogP contribution in [0.25, 0.3) is 32.6 Å². The third-order valence-corrected chi connectivity index (χ3v) is 20.6. The first-order valence-electron chi connectivity index (χ1n) is 30.9. The number of aromatic nitrogens is 3. The first-order valence-corrected chi connectivity index (χ1v) is 33.2. The number of alkyl halides is 1. The number of fused-ring (bicyclic) bond motifs is 1. The van der Waals surface area contributed by atoms with E-state index in [9.17, 15) is 41.9 Å². The maximum absolute atomic E-state index is 15.9. The molecule has 0 radical (unpaired) electrons. The number of pyridine rings is 1. The van der Waals surface area contributed by atoms with Crippen molar-refractivity contribution >= 4 is 73.4 Å². The van der Waals surface area contributed by atoms with Crippen LogP contribution in [0.5, 0.6) is 0 Å². The average molecular weight is 1310 g/mol. The van der Waals surface area contributed by atoms with E-state index in [1.165, 1.54) is 11.1 Å². The lowest BCUT2D eigenvalue weighted by Gasteiger charge is -2.48. The third-order valence-electron chi connectivity index (χ3n) is 18.1. The maximum Gasteiger partial charge on any atom is 0.311 e. The quantitative estimate of drug-likeness (QED) is 0.0230. The van der Waals surface area contributed by atoms with Crippen molar-refractivity contribution in [2.24, 2.45) is 11.3 Å². The number of H-pyrrole nitrogens is 1. The highest BCUT2D eigenvalue weighted by Gasteiger charge is 2.48. The monoisotopic (exact) mass is 1310 g/mol. The summed E-state index contributed by atoms with van der Waals surface area (Å²) in [5.41, 5.74) is 2.36. The van der Waals surface area contributed by atoms with Gasteiger partial charge in [-0.05, 0) is 101 Å². The summed E-state index contributed by atoms with van der Waals surface area (Å²) in [6.07, 6.45) is 0.689. The molecule has 0 spiro atoms. The second-order valence-corrected chi connectivity index (χ2v) is 28.7. The van der Waals surface area contributed by atoms with Gasteiger partial charge in [-0.1, -0.05) is 57.2 Å². The number of nitrogens with zero attached hydrogens (tertiary/aromatic N) is 7. The number of nitrogens with one attached hydrogen (secondary N) is 5. The largest absolute Gasteiger partial charge is 0.460 e. The van der Waals surface area contributed by atoms with E-state index in [-0.39, 0.29) is 63.1 Å². The Labute approximate surface area is 537 Å². The smallest absolute Gasteiger partial charge is 0.311 e. The number of anilines is 2. The van der Waals surface area contributed by atoms with Gasteiger partial charge in [0.2, 0.25) is 23.5 Å². The van der Waals surface area contributed by atoms with Crippen molar-refractivity contribution in [3.63, 3.8) is 0 Å². The van der Waals surface area contributed by atoms with Gasteiger partial charge in [-0.15, -0.1) is 11.3 Å². The number of rotatable bonds is 23. The Bertz CT molecular complexity index is 3810. The summed E-state index contributed by atoms with van der Waals surface area (Å²) >= 11 is 1.55. The zero-order chi connectivity index (χ0) is 66.2. The van der Waals surface area contributed by atoms with Gasteiger partial charge in [0.05, 0.1) is 58.5 Å². The Kier molecular flexibility index (Phi) is 20.0. The molecule has 27 heteroatoms.